The molecule has 0 saturated heterocycles. The van der Waals surface area contributed by atoms with Gasteiger partial charge in [-0.2, -0.15) is 5.10 Å². The fourth-order valence-corrected chi connectivity index (χ4v) is 2.97. The Morgan fingerprint density at radius 1 is 1.55 bits per heavy atom. The van der Waals surface area contributed by atoms with Crippen molar-refractivity contribution in [1.29, 1.82) is 0 Å². The number of nitrogens with two attached hydrogens (primary N) is 1. The smallest absolute Gasteiger partial charge is 0.277 e. The fraction of sp³-hybridized carbons (Fsp3) is 0.538. The largest absolute Gasteiger partial charge is 0.345 e. The highest BCUT2D eigenvalue weighted by molar-refractivity contribution is 7.20. The molecule has 22 heavy (non-hydrogen) atoms. The van der Waals surface area contributed by atoms with Gasteiger partial charge in [-0.1, -0.05) is 13.8 Å². The first kappa shape index (κ1) is 18.8. The summed E-state index contributed by atoms with van der Waals surface area (Å²) in [5, 5.41) is 7.52. The quantitative estimate of drug-likeness (QED) is 0.868. The zero-order chi connectivity index (χ0) is 15.8. The summed E-state index contributed by atoms with van der Waals surface area (Å²) in [6.45, 7) is 2.48. The van der Waals surface area contributed by atoms with Crippen molar-refractivity contribution in [3.63, 3.8) is 0 Å². The van der Waals surface area contributed by atoms with Crippen LogP contribution in [0.25, 0.3) is 10.2 Å². The Hall–Kier alpha value is -1.25. The van der Waals surface area contributed by atoms with E-state index in [4.69, 9.17) is 5.73 Å². The highest BCUT2D eigenvalue weighted by atomic mass is 35.5. The zero-order valence-electron chi connectivity index (χ0n) is 12.5. The van der Waals surface area contributed by atoms with Crippen LogP contribution in [0.15, 0.2) is 6.07 Å². The molecule has 0 unspecified atom stereocenters. The van der Waals surface area contributed by atoms with Gasteiger partial charge >= 0.3 is 0 Å². The van der Waals surface area contributed by atoms with Crippen LogP contribution in [-0.4, -0.2) is 34.7 Å². The number of alkyl halides is 2. The van der Waals surface area contributed by atoms with Crippen LogP contribution in [0.2, 0.25) is 0 Å². The van der Waals surface area contributed by atoms with E-state index in [-0.39, 0.29) is 18.3 Å². The molecule has 0 atom stereocenters. The summed E-state index contributed by atoms with van der Waals surface area (Å²) in [5.74, 6) is -3.38. The number of aromatic nitrogens is 2. The zero-order valence-corrected chi connectivity index (χ0v) is 14.2. The van der Waals surface area contributed by atoms with Gasteiger partial charge in [-0.05, 0) is 12.0 Å². The third-order valence-electron chi connectivity index (χ3n) is 3.12. The summed E-state index contributed by atoms with van der Waals surface area (Å²) in [7, 11) is 1.80. The molecule has 9 heteroatoms. The van der Waals surface area contributed by atoms with Crippen molar-refractivity contribution in [2.75, 3.05) is 13.1 Å². The molecule has 0 fully saturated rings. The Morgan fingerprint density at radius 2 is 2.18 bits per heavy atom. The summed E-state index contributed by atoms with van der Waals surface area (Å²) in [6.07, 6.45) is 0. The second kappa shape index (κ2) is 6.89. The Balaban J connectivity index is 0.00000242. The van der Waals surface area contributed by atoms with Gasteiger partial charge in [0, 0.05) is 12.4 Å². The minimum atomic E-state index is -3.09. The van der Waals surface area contributed by atoms with Crippen molar-refractivity contribution in [2.24, 2.45) is 12.8 Å². The molecule has 0 saturated carbocycles. The molecule has 0 spiro atoms. The van der Waals surface area contributed by atoms with Crippen LogP contribution < -0.4 is 11.1 Å². The first-order chi connectivity index (χ1) is 9.75. The SMILES string of the molecule is CC(C)c1nn(C)c2sc(C(=O)NCC(F)(F)CN)cc12.Cl. The van der Waals surface area contributed by atoms with Crippen LogP contribution in [-0.2, 0) is 7.05 Å². The molecule has 2 aromatic rings. The van der Waals surface area contributed by atoms with Gasteiger partial charge in [0.2, 0.25) is 0 Å². The minimum Gasteiger partial charge on any atom is -0.345 e. The molecule has 0 aliphatic carbocycles. The van der Waals surface area contributed by atoms with Crippen molar-refractivity contribution >= 4 is 39.9 Å². The van der Waals surface area contributed by atoms with Crippen LogP contribution >= 0.6 is 23.7 Å². The first-order valence-corrected chi connectivity index (χ1v) is 7.39. The minimum absolute atomic E-state index is 0. The molecule has 2 rings (SSSR count). The molecular weight excluding hydrogens is 334 g/mol. The van der Waals surface area contributed by atoms with E-state index >= 15 is 0 Å². The monoisotopic (exact) mass is 352 g/mol. The number of carbonyl (C=O) groups is 1. The van der Waals surface area contributed by atoms with Crippen LogP contribution in [0, 0.1) is 0 Å². The third kappa shape index (κ3) is 3.74. The van der Waals surface area contributed by atoms with E-state index in [0.29, 0.717) is 4.88 Å². The molecule has 0 bridgehead atoms. The van der Waals surface area contributed by atoms with Crippen LogP contribution in [0.5, 0.6) is 0 Å². The second-order valence-corrected chi connectivity index (χ2v) is 6.27. The average molecular weight is 353 g/mol. The van der Waals surface area contributed by atoms with Gasteiger partial charge < -0.3 is 11.1 Å². The highest BCUT2D eigenvalue weighted by Crippen LogP contribution is 2.31. The summed E-state index contributed by atoms with van der Waals surface area (Å²) < 4.78 is 27.8. The Labute approximate surface area is 137 Å². The van der Waals surface area contributed by atoms with Gasteiger partial charge in [0.15, 0.2) is 0 Å². The topological polar surface area (TPSA) is 72.9 Å². The number of fused-ring (bicyclic) bond motifs is 1. The lowest BCUT2D eigenvalue weighted by molar-refractivity contribution is 0.0119. The van der Waals surface area contributed by atoms with E-state index in [9.17, 15) is 13.6 Å². The lowest BCUT2D eigenvalue weighted by atomic mass is 10.1. The average Bonchev–Trinajstić information content (AvgIpc) is 2.97. The van der Waals surface area contributed by atoms with Crippen LogP contribution in [0.4, 0.5) is 8.78 Å². The van der Waals surface area contributed by atoms with Crippen molar-refractivity contribution in [1.82, 2.24) is 15.1 Å². The number of carbonyl (C=O) groups excluding carboxylic acids is 1. The number of rotatable bonds is 5. The van der Waals surface area contributed by atoms with Crippen molar-refractivity contribution in [2.45, 2.75) is 25.7 Å². The molecule has 0 radical (unpaired) electrons. The van der Waals surface area contributed by atoms with E-state index in [1.165, 1.54) is 11.3 Å². The van der Waals surface area contributed by atoms with Crippen LogP contribution in [0.1, 0.15) is 35.1 Å². The van der Waals surface area contributed by atoms with E-state index < -0.39 is 24.9 Å². The van der Waals surface area contributed by atoms with Crippen molar-refractivity contribution in [3.8, 4) is 0 Å². The van der Waals surface area contributed by atoms with Crippen molar-refractivity contribution < 1.29 is 13.6 Å². The predicted octanol–water partition coefficient (Wildman–Crippen LogP) is 2.50. The Kier molecular flexibility index (Phi) is 5.89. The van der Waals surface area contributed by atoms with E-state index in [1.807, 2.05) is 13.8 Å². The fourth-order valence-electron chi connectivity index (χ4n) is 1.97. The van der Waals surface area contributed by atoms with Gasteiger partial charge in [0.25, 0.3) is 11.8 Å². The molecule has 0 aromatic carbocycles. The molecule has 2 aromatic heterocycles. The van der Waals surface area contributed by atoms with E-state index in [0.717, 1.165) is 15.9 Å². The van der Waals surface area contributed by atoms with Gasteiger partial charge in [-0.25, -0.2) is 8.78 Å². The Bertz CT molecular complexity index is 668. The molecule has 3 N–H and O–H groups in total. The maximum absolute atomic E-state index is 13.1. The summed E-state index contributed by atoms with van der Waals surface area (Å²) in [5.41, 5.74) is 5.84. The number of hydrogen-bond donors (Lipinski definition) is 2. The number of nitrogens with one attached hydrogen (secondary N) is 1. The number of nitrogens with zero attached hydrogens (tertiary/aromatic N) is 2. The lowest BCUT2D eigenvalue weighted by Gasteiger charge is -2.13. The predicted molar refractivity (Wildman–Crippen MR) is 86.3 cm³/mol. The lowest BCUT2D eigenvalue weighted by Crippen LogP contribution is -2.41. The number of thiophene rings is 1. The van der Waals surface area contributed by atoms with E-state index in [1.54, 1.807) is 17.8 Å². The first-order valence-electron chi connectivity index (χ1n) is 6.57. The molecule has 0 aliphatic rings. The number of aryl methyl sites for hydroxylation is 1. The number of halogens is 3. The van der Waals surface area contributed by atoms with E-state index in [2.05, 4.69) is 10.4 Å². The summed E-state index contributed by atoms with van der Waals surface area (Å²) in [4.78, 5) is 13.2. The summed E-state index contributed by atoms with van der Waals surface area (Å²) >= 11 is 1.24. The molecule has 1 amide bonds. The molecular formula is C13H19ClF2N4OS. The molecule has 124 valence electrons. The normalized spacial score (nSPS) is 11.8. The van der Waals surface area contributed by atoms with Crippen LogP contribution in [0.3, 0.4) is 0 Å². The molecule has 2 heterocycles. The van der Waals surface area contributed by atoms with Gasteiger partial charge in [-0.15, -0.1) is 23.7 Å². The Morgan fingerprint density at radius 3 is 2.73 bits per heavy atom. The molecule has 0 aliphatic heterocycles. The standard InChI is InChI=1S/C13H18F2N4OS.ClH/c1-7(2)10-8-4-9(21-12(8)19(3)18-10)11(20)17-6-13(14,15)5-16;/h4,7H,5-6,16H2,1-3H3,(H,17,20);1H. The van der Waals surface area contributed by atoms with Crippen molar-refractivity contribution in [3.05, 3.63) is 16.6 Å². The number of amides is 1. The third-order valence-corrected chi connectivity index (χ3v) is 4.32. The van der Waals surface area contributed by atoms with Gasteiger partial charge in [0.05, 0.1) is 23.7 Å². The number of hydrogen-bond acceptors (Lipinski definition) is 4. The second-order valence-electron chi connectivity index (χ2n) is 5.24. The highest BCUT2D eigenvalue weighted by Gasteiger charge is 2.28. The summed E-state index contributed by atoms with van der Waals surface area (Å²) in [6, 6.07) is 1.71. The van der Waals surface area contributed by atoms with Gasteiger partial charge in [0.1, 0.15) is 4.83 Å². The van der Waals surface area contributed by atoms with Gasteiger partial charge in [-0.3, -0.25) is 9.48 Å². The maximum atomic E-state index is 13.1. The maximum Gasteiger partial charge on any atom is 0.277 e. The molecule has 5 nitrogen and oxygen atoms in total.